The van der Waals surface area contributed by atoms with E-state index >= 15 is 0 Å². The summed E-state index contributed by atoms with van der Waals surface area (Å²) in [6, 6.07) is 5.20. The topological polar surface area (TPSA) is 118 Å². The zero-order chi connectivity index (χ0) is 12.7. The van der Waals surface area contributed by atoms with Crippen LogP contribution in [-0.2, 0) is 18.5 Å². The summed E-state index contributed by atoms with van der Waals surface area (Å²) in [4.78, 5) is 29.6. The molecular weight excluding hydrogens is 271 g/mol. The Balaban J connectivity index is 0.000000487. The monoisotopic (exact) mass is 276 g/mol. The fourth-order valence-electron chi connectivity index (χ4n) is 0.785. The molecule has 0 heterocycles. The Bertz CT molecular complexity index is 385. The van der Waals surface area contributed by atoms with Crippen molar-refractivity contribution in [1.29, 1.82) is 0 Å². The number of nitro groups is 1. The van der Waals surface area contributed by atoms with Crippen LogP contribution in [0.3, 0.4) is 0 Å². The van der Waals surface area contributed by atoms with Gasteiger partial charge in [0.2, 0.25) is 0 Å². The minimum atomic E-state index is -1.13. The van der Waals surface area contributed by atoms with Crippen LogP contribution in [0.15, 0.2) is 24.3 Å². The molecule has 2 N–H and O–H groups in total. The second kappa shape index (κ2) is 6.63. The van der Waals surface area contributed by atoms with E-state index in [4.69, 9.17) is 20.3 Å². The van der Waals surface area contributed by atoms with Gasteiger partial charge in [-0.25, -0.2) is 9.59 Å². The van der Waals surface area contributed by atoms with Gasteiger partial charge in [-0.1, -0.05) is 6.07 Å². The van der Waals surface area contributed by atoms with Crippen LogP contribution in [0.25, 0.3) is 0 Å². The number of benzene rings is 1. The maximum absolute atomic E-state index is 10.4. The van der Waals surface area contributed by atoms with Gasteiger partial charge in [-0.2, -0.15) is 0 Å². The molecule has 0 aliphatic carbocycles. The maximum atomic E-state index is 10.4. The summed E-state index contributed by atoms with van der Waals surface area (Å²) < 4.78 is -0.375. The van der Waals surface area contributed by atoms with Crippen LogP contribution in [0.5, 0.6) is 0 Å². The van der Waals surface area contributed by atoms with Crippen molar-refractivity contribution < 1.29 is 42.0 Å². The molecule has 16 heavy (non-hydrogen) atoms. The third-order valence-electron chi connectivity index (χ3n) is 1.36. The number of carbonyl (C=O) groups is 2. The molecule has 0 spiro atoms. The minimum absolute atomic E-state index is 0.0186. The van der Waals surface area contributed by atoms with Gasteiger partial charge in [-0.15, -0.1) is 0 Å². The Kier molecular flexibility index (Phi) is 5.87. The molecule has 1 aromatic rings. The molecule has 0 unspecified atom stereocenters. The average Bonchev–Trinajstić information content (AvgIpc) is 2.17. The summed E-state index contributed by atoms with van der Waals surface area (Å²) >= 11 is 0.153. The molecule has 0 radical (unpaired) electrons. The van der Waals surface area contributed by atoms with Crippen LogP contribution in [0.2, 0.25) is 0 Å². The molecule has 0 atom stereocenters. The molecule has 0 amide bonds. The van der Waals surface area contributed by atoms with Crippen LogP contribution >= 0.6 is 0 Å². The summed E-state index contributed by atoms with van der Waals surface area (Å²) in [6.07, 6.45) is 0. The fourth-order valence-corrected chi connectivity index (χ4v) is 0.785. The Labute approximate surface area is 99.8 Å². The molecule has 0 saturated heterocycles. The van der Waals surface area contributed by atoms with Crippen molar-refractivity contribution in [1.82, 2.24) is 0 Å². The van der Waals surface area contributed by atoms with E-state index < -0.39 is 11.9 Å². The number of carboxylic acids is 2. The van der Waals surface area contributed by atoms with Gasteiger partial charge in [0.15, 0.2) is 0 Å². The number of aromatic carboxylic acids is 2. The summed E-state index contributed by atoms with van der Waals surface area (Å²) in [7, 11) is 0. The average molecular weight is 278 g/mol. The first kappa shape index (κ1) is 14.2. The number of nitrogens with zero attached hydrogens (tertiary/aromatic N) is 1. The molecule has 0 fully saturated rings. The zero-order valence-electron chi connectivity index (χ0n) is 7.99. The Morgan fingerprint density at radius 3 is 1.75 bits per heavy atom. The molecule has 1 rings (SSSR count). The van der Waals surface area contributed by atoms with Crippen molar-refractivity contribution in [2.45, 2.75) is 0 Å². The molecule has 0 aliphatic heterocycles. The van der Waals surface area contributed by atoms with Crippen LogP contribution in [-0.4, -0.2) is 25.8 Å². The molecule has 0 saturated carbocycles. The molecule has 0 bridgehead atoms. The molecule has 0 aliphatic rings. The van der Waals surface area contributed by atoms with E-state index in [0.29, 0.717) is 0 Å². The first-order valence-electron chi connectivity index (χ1n) is 3.86. The summed E-state index contributed by atoms with van der Waals surface area (Å²) in [5.41, 5.74) is -0.0372. The van der Waals surface area contributed by atoms with Crippen molar-refractivity contribution in [2.24, 2.45) is 0 Å². The molecule has 8 heteroatoms. The van der Waals surface area contributed by atoms with Crippen LogP contribution in [0, 0.1) is 10.1 Å². The first-order chi connectivity index (χ1) is 7.34. The van der Waals surface area contributed by atoms with Gasteiger partial charge >= 0.3 is 44.3 Å². The van der Waals surface area contributed by atoms with Crippen LogP contribution in [0.1, 0.15) is 20.7 Å². The summed E-state index contributed by atoms with van der Waals surface area (Å²) in [5, 5.41) is 25.9. The Morgan fingerprint density at radius 2 is 1.50 bits per heavy atom. The molecule has 81 valence electrons. The van der Waals surface area contributed by atoms with Crippen molar-refractivity contribution in [3.8, 4) is 0 Å². The van der Waals surface area contributed by atoms with E-state index in [1.807, 2.05) is 0 Å². The summed E-state index contributed by atoms with van der Waals surface area (Å²) in [5.74, 6) is -2.25. The van der Waals surface area contributed by atoms with Crippen molar-refractivity contribution in [3.63, 3.8) is 0 Å². The Morgan fingerprint density at radius 1 is 1.19 bits per heavy atom. The number of carboxylic acid groups (broad SMARTS) is 2. The normalized spacial score (nSPS) is 8.62. The van der Waals surface area contributed by atoms with Gasteiger partial charge < -0.3 is 10.2 Å². The fraction of sp³-hybridized carbons (Fsp3) is 0. The number of hydrogen-bond donors (Lipinski definition) is 2. The van der Waals surface area contributed by atoms with Gasteiger partial charge in [0.05, 0.1) is 11.1 Å². The van der Waals surface area contributed by atoms with Gasteiger partial charge in [-0.3, -0.25) is 0 Å². The molecule has 1 aromatic carbocycles. The third-order valence-corrected chi connectivity index (χ3v) is 1.36. The van der Waals surface area contributed by atoms with Gasteiger partial charge in [0, 0.05) is 0 Å². The first-order valence-corrected chi connectivity index (χ1v) is 5.19. The van der Waals surface area contributed by atoms with Crippen molar-refractivity contribution >= 4 is 11.9 Å². The zero-order valence-corrected chi connectivity index (χ0v) is 11.0. The van der Waals surface area contributed by atoms with Gasteiger partial charge in [0.25, 0.3) is 0 Å². The van der Waals surface area contributed by atoms with E-state index in [0.717, 1.165) is 6.07 Å². The standard InChI is InChI=1S/C8H6O4.NO2.Zn/c9-7(10)5-2-1-3-6(4-5)8(11)12;2-1-3;/h1-4H,(H,9,10)(H,11,12);;. The van der Waals surface area contributed by atoms with Crippen LogP contribution < -0.4 is 0 Å². The number of hydrogen-bond acceptors (Lipinski definition) is 4. The van der Waals surface area contributed by atoms with Crippen molar-refractivity contribution in [3.05, 3.63) is 45.5 Å². The van der Waals surface area contributed by atoms with E-state index in [1.165, 1.54) is 18.2 Å². The summed E-state index contributed by atoms with van der Waals surface area (Å²) in [6.45, 7) is 0. The number of rotatable bonds is 2. The molecule has 0 aromatic heterocycles. The van der Waals surface area contributed by atoms with Crippen molar-refractivity contribution in [2.75, 3.05) is 0 Å². The van der Waals surface area contributed by atoms with Gasteiger partial charge in [-0.05, 0) is 18.2 Å². The second-order valence-corrected chi connectivity index (χ2v) is 3.61. The Hall–Kier alpha value is -1.82. The van der Waals surface area contributed by atoms with E-state index in [2.05, 4.69) is 0 Å². The third kappa shape index (κ3) is 5.82. The SMILES string of the molecule is O=C(O)c1cccc(C(=O)O)c1.O=[N+]([O-])[Zn]. The second-order valence-electron chi connectivity index (χ2n) is 2.52. The predicted molar refractivity (Wildman–Crippen MR) is 47.4 cm³/mol. The predicted octanol–water partition coefficient (Wildman–Crippen LogP) is 0.808. The van der Waals surface area contributed by atoms with E-state index in [1.54, 1.807) is 0 Å². The molecule has 7 nitrogen and oxygen atoms in total. The van der Waals surface area contributed by atoms with E-state index in [-0.39, 0.29) is 33.3 Å². The van der Waals surface area contributed by atoms with Crippen LogP contribution in [0.4, 0.5) is 0 Å². The molecular formula is C8H6NO6Zn. The van der Waals surface area contributed by atoms with Gasteiger partial charge in [0.1, 0.15) is 0 Å². The quantitative estimate of drug-likeness (QED) is 0.469. The van der Waals surface area contributed by atoms with E-state index in [9.17, 15) is 9.59 Å².